The number of nitrogens with one attached hydrogen (secondary N) is 1. The summed E-state index contributed by atoms with van der Waals surface area (Å²) in [4.78, 5) is 47.6. The topological polar surface area (TPSA) is 188 Å². The van der Waals surface area contributed by atoms with E-state index in [0.29, 0.717) is 6.42 Å². The van der Waals surface area contributed by atoms with Crippen molar-refractivity contribution in [2.75, 3.05) is 6.16 Å². The Labute approximate surface area is 216 Å². The summed E-state index contributed by atoms with van der Waals surface area (Å²) < 4.78 is 16.8. The molecule has 30 heavy (non-hydrogen) atoms. The fourth-order valence-corrected chi connectivity index (χ4v) is 3.42. The fraction of sp³-hybridized carbons (Fsp3) is 0.625. The first-order chi connectivity index (χ1) is 13.0. The largest absolute Gasteiger partial charge is 1.00 e. The Kier molecular flexibility index (Phi) is 13.2. The number of aromatic nitrogens is 2. The zero-order valence-electron chi connectivity index (χ0n) is 17.0. The average molecular weight is 462 g/mol. The second kappa shape index (κ2) is 13.1. The monoisotopic (exact) mass is 462 g/mol. The van der Waals surface area contributed by atoms with E-state index in [-0.39, 0.29) is 64.7 Å². The van der Waals surface area contributed by atoms with Crippen molar-refractivity contribution in [3.05, 3.63) is 32.6 Å². The van der Waals surface area contributed by atoms with Crippen LogP contribution in [0.5, 0.6) is 0 Å². The summed E-state index contributed by atoms with van der Waals surface area (Å²) in [6, 6.07) is 0. The van der Waals surface area contributed by atoms with Crippen LogP contribution in [0.4, 0.5) is 0 Å². The normalized spacial score (nSPS) is 24.2. The molecule has 0 bridgehead atoms. The van der Waals surface area contributed by atoms with Gasteiger partial charge in [0, 0.05) is 18.8 Å². The van der Waals surface area contributed by atoms with E-state index >= 15 is 0 Å². The van der Waals surface area contributed by atoms with Gasteiger partial charge in [-0.15, -0.1) is 0 Å². The van der Waals surface area contributed by atoms with E-state index in [9.17, 15) is 39.3 Å². The number of H-pyrrole nitrogens is 1. The molecule has 1 aliphatic rings. The van der Waals surface area contributed by atoms with Crippen LogP contribution in [-0.2, 0) is 9.30 Å². The Morgan fingerprint density at radius 3 is 2.50 bits per heavy atom. The van der Waals surface area contributed by atoms with Crippen molar-refractivity contribution in [2.45, 2.75) is 56.8 Å². The van der Waals surface area contributed by atoms with Gasteiger partial charge in [-0.05, 0) is 6.42 Å². The van der Waals surface area contributed by atoms with Gasteiger partial charge in [0.1, 0.15) is 23.9 Å². The molecule has 1 aliphatic heterocycles. The van der Waals surface area contributed by atoms with Crippen molar-refractivity contribution < 1.29 is 93.5 Å². The molecule has 0 radical (unpaired) electrons. The third-order valence-corrected chi connectivity index (χ3v) is 5.01. The molecule has 0 saturated carbocycles. The molecule has 14 heteroatoms. The van der Waals surface area contributed by atoms with Gasteiger partial charge in [-0.1, -0.05) is 32.8 Å². The van der Waals surface area contributed by atoms with Gasteiger partial charge >= 0.3 is 64.8 Å². The van der Waals surface area contributed by atoms with Crippen LogP contribution in [0.2, 0.25) is 0 Å². The van der Waals surface area contributed by atoms with E-state index in [1.165, 1.54) is 0 Å². The zero-order valence-corrected chi connectivity index (χ0v) is 21.9. The first kappa shape index (κ1) is 30.2. The number of unbranched alkanes of at least 4 members (excludes halogenated alkanes) is 2. The molecule has 2 heterocycles. The van der Waals surface area contributed by atoms with E-state index in [2.05, 4.69) is 11.8 Å². The minimum atomic E-state index is -5.11. The number of aliphatic hydroxyl groups is 3. The molecule has 156 valence electrons. The minimum absolute atomic E-state index is 0. The molecular formula is C16H21N2Na2O9P. The van der Waals surface area contributed by atoms with Gasteiger partial charge in [-0.3, -0.25) is 14.3 Å². The average Bonchev–Trinajstić information content (AvgIpc) is 2.87. The molecule has 0 spiro atoms. The number of rotatable bonds is 6. The maximum absolute atomic E-state index is 12.1. The Hall–Kier alpha value is 0.230. The number of hydrogen-bond acceptors (Lipinski definition) is 9. The summed E-state index contributed by atoms with van der Waals surface area (Å²) in [5.74, 6) is 5.38. The number of nitrogens with zero attached hydrogens (tertiary/aromatic N) is 1. The van der Waals surface area contributed by atoms with E-state index in [4.69, 9.17) is 4.74 Å². The van der Waals surface area contributed by atoms with Gasteiger partial charge in [0.05, 0.1) is 6.10 Å². The SMILES string of the molecule is CCCCC#Cc1cn([C@@H]2O[C@H]([C@H](O)CP(=O)([O-])[O-])[C@@H](O)[C@H]2O)c(=O)[nH]c1=O.[Na+].[Na+]. The number of aliphatic hydroxyl groups excluding tert-OH is 3. The molecule has 1 aromatic rings. The van der Waals surface area contributed by atoms with Crippen LogP contribution in [0.25, 0.3) is 0 Å². The predicted octanol–water partition coefficient (Wildman–Crippen LogP) is -9.02. The number of aromatic amines is 1. The quantitative estimate of drug-likeness (QED) is 0.138. The summed E-state index contributed by atoms with van der Waals surface area (Å²) in [6.07, 6.45) is -6.49. The van der Waals surface area contributed by atoms with Crippen LogP contribution >= 0.6 is 7.60 Å². The third-order valence-electron chi connectivity index (χ3n) is 4.19. The van der Waals surface area contributed by atoms with Gasteiger partial charge in [-0.2, -0.15) is 0 Å². The van der Waals surface area contributed by atoms with Crippen LogP contribution in [0, 0.1) is 11.8 Å². The molecule has 0 aromatic carbocycles. The summed E-state index contributed by atoms with van der Waals surface area (Å²) in [6.45, 7) is 1.97. The smallest absolute Gasteiger partial charge is 0.811 e. The van der Waals surface area contributed by atoms with Gasteiger partial charge < -0.3 is 34.4 Å². The van der Waals surface area contributed by atoms with Gasteiger partial charge in [-0.25, -0.2) is 4.79 Å². The molecule has 11 nitrogen and oxygen atoms in total. The zero-order chi connectivity index (χ0) is 21.1. The van der Waals surface area contributed by atoms with Gasteiger partial charge in [0.2, 0.25) is 0 Å². The van der Waals surface area contributed by atoms with Crippen LogP contribution in [0.1, 0.15) is 38.0 Å². The minimum Gasteiger partial charge on any atom is -0.811 e. The summed E-state index contributed by atoms with van der Waals surface area (Å²) in [5, 5.41) is 30.0. The number of ether oxygens (including phenoxy) is 1. The van der Waals surface area contributed by atoms with Crippen LogP contribution in [-0.4, -0.2) is 55.4 Å². The van der Waals surface area contributed by atoms with Crippen LogP contribution < -0.4 is 80.2 Å². The molecule has 4 N–H and O–H groups in total. The summed E-state index contributed by atoms with van der Waals surface area (Å²) >= 11 is 0. The standard InChI is InChI=1S/C16H23N2O9P.2Na/c1-2-3-4-5-6-9-7-18(16(23)17-14(9)22)15-12(21)11(20)13(27-15)10(19)8-28(24,25)26;;/h7,10-13,15,19-21H,2-4,8H2,1H3,(H,17,22,23)(H2,24,25,26);;/q;2*+1/p-2/t10-,11+,12-,13-,15-;;/m1../s1. The maximum atomic E-state index is 12.1. The fourth-order valence-electron chi connectivity index (χ4n) is 2.75. The third kappa shape index (κ3) is 7.98. The molecular weight excluding hydrogens is 441 g/mol. The van der Waals surface area contributed by atoms with Gasteiger partial charge in [0.25, 0.3) is 5.56 Å². The van der Waals surface area contributed by atoms with Crippen LogP contribution in [0.15, 0.2) is 15.8 Å². The molecule has 1 fully saturated rings. The Balaban J connectivity index is 0.00000420. The van der Waals surface area contributed by atoms with Crippen molar-refractivity contribution >= 4 is 7.60 Å². The number of hydrogen-bond donors (Lipinski definition) is 4. The first-order valence-electron chi connectivity index (χ1n) is 8.60. The summed E-state index contributed by atoms with van der Waals surface area (Å²) in [5.41, 5.74) is -1.78. The second-order valence-electron chi connectivity index (χ2n) is 6.45. The van der Waals surface area contributed by atoms with E-state index in [0.717, 1.165) is 23.6 Å². The van der Waals surface area contributed by atoms with Crippen molar-refractivity contribution in [1.29, 1.82) is 0 Å². The molecule has 5 atom stereocenters. The maximum Gasteiger partial charge on any atom is 1.00 e. The molecule has 1 aromatic heterocycles. The van der Waals surface area contributed by atoms with E-state index in [1.54, 1.807) is 0 Å². The van der Waals surface area contributed by atoms with Crippen molar-refractivity contribution in [2.24, 2.45) is 0 Å². The van der Waals surface area contributed by atoms with Crippen LogP contribution in [0.3, 0.4) is 0 Å². The van der Waals surface area contributed by atoms with Gasteiger partial charge in [0.15, 0.2) is 6.23 Å². The molecule has 2 rings (SSSR count). The van der Waals surface area contributed by atoms with Crippen molar-refractivity contribution in [1.82, 2.24) is 9.55 Å². The van der Waals surface area contributed by atoms with Crippen molar-refractivity contribution in [3.8, 4) is 11.8 Å². The predicted molar refractivity (Wildman–Crippen MR) is 92.1 cm³/mol. The Morgan fingerprint density at radius 2 is 1.93 bits per heavy atom. The second-order valence-corrected chi connectivity index (χ2v) is 8.03. The molecule has 1 saturated heterocycles. The Morgan fingerprint density at radius 1 is 1.30 bits per heavy atom. The summed E-state index contributed by atoms with van der Waals surface area (Å²) in [7, 11) is -5.11. The molecule has 0 amide bonds. The first-order valence-corrected chi connectivity index (χ1v) is 10.3. The van der Waals surface area contributed by atoms with E-state index in [1.807, 2.05) is 11.9 Å². The van der Waals surface area contributed by atoms with Crippen molar-refractivity contribution in [3.63, 3.8) is 0 Å². The molecule has 0 unspecified atom stereocenters. The van der Waals surface area contributed by atoms with E-state index < -0.39 is 55.7 Å². The molecule has 0 aliphatic carbocycles. The Bertz CT molecular complexity index is 920.